The first-order chi connectivity index (χ1) is 12.7. The number of carbonyl (C=O) groups is 1. The summed E-state index contributed by atoms with van der Waals surface area (Å²) in [4.78, 5) is 16.2. The lowest BCUT2D eigenvalue weighted by molar-refractivity contribution is 0.0522. The van der Waals surface area contributed by atoms with Gasteiger partial charge in [-0.05, 0) is 80.6 Å². The van der Waals surface area contributed by atoms with E-state index in [1.165, 1.54) is 5.56 Å². The van der Waals surface area contributed by atoms with Crippen molar-refractivity contribution in [1.82, 2.24) is 0 Å². The van der Waals surface area contributed by atoms with Crippen LogP contribution in [-0.4, -0.2) is 24.4 Å². The van der Waals surface area contributed by atoms with Gasteiger partial charge in [0.05, 0.1) is 17.9 Å². The zero-order valence-electron chi connectivity index (χ0n) is 16.7. The maximum Gasteiger partial charge on any atom is 0.338 e. The molecule has 0 aliphatic carbocycles. The molecule has 0 unspecified atom stereocenters. The third kappa shape index (κ3) is 4.38. The van der Waals surface area contributed by atoms with Crippen molar-refractivity contribution in [1.29, 1.82) is 0 Å². The van der Waals surface area contributed by atoms with Gasteiger partial charge in [-0.25, -0.2) is 4.79 Å². The highest BCUT2D eigenvalue weighted by atomic mass is 16.5. The number of rotatable bonds is 4. The molecular weight excluding hydrogens is 338 g/mol. The Bertz CT molecular complexity index is 864. The zero-order chi connectivity index (χ0) is 19.7. The molecule has 1 aliphatic rings. The molecule has 0 atom stereocenters. The average molecular weight is 365 g/mol. The molecule has 1 heterocycles. The van der Waals surface area contributed by atoms with Gasteiger partial charge in [0.25, 0.3) is 0 Å². The van der Waals surface area contributed by atoms with Crippen LogP contribution in [0.3, 0.4) is 0 Å². The van der Waals surface area contributed by atoms with Gasteiger partial charge in [0.2, 0.25) is 0 Å². The minimum Gasteiger partial charge on any atom is -0.488 e. The molecule has 2 aromatic carbocycles. The van der Waals surface area contributed by atoms with Gasteiger partial charge in [0.15, 0.2) is 0 Å². The van der Waals surface area contributed by atoms with Gasteiger partial charge < -0.3 is 9.47 Å². The Morgan fingerprint density at radius 3 is 2.52 bits per heavy atom. The number of nitrogens with zero attached hydrogens (tertiary/aromatic N) is 1. The number of fused-ring (bicyclic) bond motifs is 1. The van der Waals surface area contributed by atoms with E-state index in [4.69, 9.17) is 9.47 Å². The van der Waals surface area contributed by atoms with Crippen molar-refractivity contribution < 1.29 is 14.3 Å². The second kappa shape index (κ2) is 7.18. The lowest BCUT2D eigenvalue weighted by atomic mass is 9.73. The maximum atomic E-state index is 11.7. The highest BCUT2D eigenvalue weighted by Crippen LogP contribution is 2.44. The molecule has 4 heteroatoms. The standard InChI is InChI=1S/C23H27NO3/c1-6-26-21(25)17-8-10-18(11-9-17)24-14-16-7-12-20-19(13-16)22(2,3)15-23(4,5)27-20/h7-14H,6,15H2,1-5H3. The van der Waals surface area contributed by atoms with E-state index in [1.807, 2.05) is 30.5 Å². The Morgan fingerprint density at radius 2 is 1.85 bits per heavy atom. The van der Waals surface area contributed by atoms with E-state index in [2.05, 4.69) is 38.8 Å². The Labute approximate surface area is 161 Å². The minimum atomic E-state index is -0.312. The van der Waals surface area contributed by atoms with E-state index in [-0.39, 0.29) is 17.0 Å². The summed E-state index contributed by atoms with van der Waals surface area (Å²) in [6.07, 6.45) is 2.80. The fourth-order valence-electron chi connectivity index (χ4n) is 3.79. The van der Waals surface area contributed by atoms with Crippen molar-refractivity contribution >= 4 is 17.9 Å². The van der Waals surface area contributed by atoms with Crippen molar-refractivity contribution in [3.63, 3.8) is 0 Å². The molecule has 0 amide bonds. The van der Waals surface area contributed by atoms with Crippen LogP contribution in [0.5, 0.6) is 5.75 Å². The van der Waals surface area contributed by atoms with E-state index in [0.29, 0.717) is 12.2 Å². The van der Waals surface area contributed by atoms with Crippen LogP contribution < -0.4 is 4.74 Å². The monoisotopic (exact) mass is 365 g/mol. The molecule has 0 radical (unpaired) electrons. The van der Waals surface area contributed by atoms with E-state index >= 15 is 0 Å². The van der Waals surface area contributed by atoms with Gasteiger partial charge in [-0.15, -0.1) is 0 Å². The molecule has 0 saturated heterocycles. The molecule has 27 heavy (non-hydrogen) atoms. The third-order valence-electron chi connectivity index (χ3n) is 4.73. The molecule has 0 aromatic heterocycles. The van der Waals surface area contributed by atoms with Gasteiger partial charge in [-0.3, -0.25) is 4.99 Å². The Kier molecular flexibility index (Phi) is 5.09. The normalized spacial score (nSPS) is 17.2. The fraction of sp³-hybridized carbons (Fsp3) is 0.391. The van der Waals surface area contributed by atoms with Gasteiger partial charge in [-0.1, -0.05) is 13.8 Å². The van der Waals surface area contributed by atoms with E-state index in [9.17, 15) is 4.79 Å². The summed E-state index contributed by atoms with van der Waals surface area (Å²) in [5, 5.41) is 0. The number of ether oxygens (including phenoxy) is 2. The average Bonchev–Trinajstić information content (AvgIpc) is 2.59. The van der Waals surface area contributed by atoms with Crippen molar-refractivity contribution in [3.8, 4) is 5.75 Å². The van der Waals surface area contributed by atoms with Gasteiger partial charge in [0.1, 0.15) is 11.4 Å². The Balaban J connectivity index is 1.80. The predicted octanol–water partition coefficient (Wildman–Crippen LogP) is 5.45. The summed E-state index contributed by atoms with van der Waals surface area (Å²) in [6.45, 7) is 10.9. The molecular formula is C23H27NO3. The molecule has 0 fully saturated rings. The Hall–Kier alpha value is -2.62. The molecule has 142 valence electrons. The molecule has 3 rings (SSSR count). The van der Waals surface area contributed by atoms with Crippen LogP contribution >= 0.6 is 0 Å². The van der Waals surface area contributed by atoms with Crippen molar-refractivity contribution in [2.75, 3.05) is 6.61 Å². The second-order valence-electron chi connectivity index (χ2n) is 8.20. The number of carbonyl (C=O) groups excluding carboxylic acids is 1. The Morgan fingerprint density at radius 1 is 1.15 bits per heavy atom. The molecule has 2 aromatic rings. The number of benzene rings is 2. The van der Waals surface area contributed by atoms with Crippen molar-refractivity contribution in [2.24, 2.45) is 4.99 Å². The highest BCUT2D eigenvalue weighted by molar-refractivity contribution is 5.90. The van der Waals surface area contributed by atoms with Crippen LogP contribution in [0.4, 0.5) is 5.69 Å². The number of aliphatic imine (C=N–C) groups is 1. The quantitative estimate of drug-likeness (QED) is 0.534. The van der Waals surface area contributed by atoms with Crippen LogP contribution in [0, 0.1) is 0 Å². The molecule has 1 aliphatic heterocycles. The fourth-order valence-corrected chi connectivity index (χ4v) is 3.79. The molecule has 0 saturated carbocycles. The van der Waals surface area contributed by atoms with Gasteiger partial charge >= 0.3 is 5.97 Å². The lowest BCUT2D eigenvalue weighted by Crippen LogP contribution is -2.41. The summed E-state index contributed by atoms with van der Waals surface area (Å²) in [6, 6.07) is 13.3. The van der Waals surface area contributed by atoms with E-state index in [0.717, 1.165) is 23.4 Å². The van der Waals surface area contributed by atoms with Gasteiger partial charge in [0, 0.05) is 11.8 Å². The van der Waals surface area contributed by atoms with Gasteiger partial charge in [-0.2, -0.15) is 0 Å². The molecule has 4 nitrogen and oxygen atoms in total. The number of hydrogen-bond acceptors (Lipinski definition) is 4. The largest absolute Gasteiger partial charge is 0.488 e. The summed E-state index contributed by atoms with van der Waals surface area (Å²) in [5.41, 5.74) is 3.45. The highest BCUT2D eigenvalue weighted by Gasteiger charge is 2.38. The summed E-state index contributed by atoms with van der Waals surface area (Å²) in [5.74, 6) is 0.639. The number of esters is 1. The first kappa shape index (κ1) is 19.2. The first-order valence-electron chi connectivity index (χ1n) is 9.35. The summed E-state index contributed by atoms with van der Waals surface area (Å²) >= 11 is 0. The maximum absolute atomic E-state index is 11.7. The van der Waals surface area contributed by atoms with Crippen LogP contribution in [0.2, 0.25) is 0 Å². The van der Waals surface area contributed by atoms with Crippen LogP contribution in [0.25, 0.3) is 0 Å². The SMILES string of the molecule is CCOC(=O)c1ccc(N=Cc2ccc3c(c2)C(C)(C)CC(C)(C)O3)cc1. The molecule has 0 spiro atoms. The van der Waals surface area contributed by atoms with Crippen molar-refractivity contribution in [3.05, 3.63) is 59.2 Å². The molecule has 0 N–H and O–H groups in total. The zero-order valence-corrected chi connectivity index (χ0v) is 16.7. The third-order valence-corrected chi connectivity index (χ3v) is 4.73. The smallest absolute Gasteiger partial charge is 0.338 e. The predicted molar refractivity (Wildman–Crippen MR) is 108 cm³/mol. The lowest BCUT2D eigenvalue weighted by Gasteiger charge is -2.42. The summed E-state index contributed by atoms with van der Waals surface area (Å²) < 4.78 is 11.1. The van der Waals surface area contributed by atoms with Crippen molar-refractivity contribution in [2.45, 2.75) is 52.1 Å². The van der Waals surface area contributed by atoms with Crippen LogP contribution in [-0.2, 0) is 10.2 Å². The first-order valence-corrected chi connectivity index (χ1v) is 9.35. The van der Waals surface area contributed by atoms with Crippen LogP contribution in [0.15, 0.2) is 47.5 Å². The van der Waals surface area contributed by atoms with E-state index in [1.54, 1.807) is 19.1 Å². The van der Waals surface area contributed by atoms with E-state index < -0.39 is 0 Å². The summed E-state index contributed by atoms with van der Waals surface area (Å²) in [7, 11) is 0. The topological polar surface area (TPSA) is 47.9 Å². The second-order valence-corrected chi connectivity index (χ2v) is 8.20. The molecule has 0 bridgehead atoms. The van der Waals surface area contributed by atoms with Crippen LogP contribution in [0.1, 0.15) is 62.5 Å². The number of hydrogen-bond donors (Lipinski definition) is 0. The minimum absolute atomic E-state index is 0.0439.